The summed E-state index contributed by atoms with van der Waals surface area (Å²) in [5.74, 6) is -0.288. The standard InChI is InChI=1S/C18H30O5/c1-4-5-13-10-15(21-3)9-12(2)8-14-6-7-16(19)17(22-14)11-18(20)23-13/h8,13-17,19H,4-7,9-11H2,1-3H3/b12-8-/t13-,14-,15-,16+,17-/m1/s1. The van der Waals surface area contributed by atoms with Gasteiger partial charge < -0.3 is 19.3 Å². The molecule has 5 atom stereocenters. The number of hydrogen-bond acceptors (Lipinski definition) is 5. The van der Waals surface area contributed by atoms with Crippen molar-refractivity contribution in [2.75, 3.05) is 7.11 Å². The fraction of sp³-hybridized carbons (Fsp3) is 0.833. The first-order valence-electron chi connectivity index (χ1n) is 8.74. The highest BCUT2D eigenvalue weighted by molar-refractivity contribution is 5.70. The van der Waals surface area contributed by atoms with Gasteiger partial charge in [-0.15, -0.1) is 0 Å². The summed E-state index contributed by atoms with van der Waals surface area (Å²) in [5.41, 5.74) is 1.22. The van der Waals surface area contributed by atoms with Crippen LogP contribution in [-0.2, 0) is 19.0 Å². The molecule has 0 saturated carbocycles. The van der Waals surface area contributed by atoms with Crippen molar-refractivity contribution in [3.63, 3.8) is 0 Å². The molecule has 1 N–H and O–H groups in total. The molecule has 0 unspecified atom stereocenters. The minimum atomic E-state index is -0.591. The van der Waals surface area contributed by atoms with Crippen LogP contribution in [0.1, 0.15) is 58.8 Å². The van der Waals surface area contributed by atoms with Crippen LogP contribution in [0, 0.1) is 0 Å². The lowest BCUT2D eigenvalue weighted by molar-refractivity contribution is -0.162. The van der Waals surface area contributed by atoms with Gasteiger partial charge in [-0.2, -0.15) is 0 Å². The van der Waals surface area contributed by atoms with Crippen LogP contribution < -0.4 is 0 Å². The number of aliphatic hydroxyl groups excluding tert-OH is 1. The quantitative estimate of drug-likeness (QED) is 0.638. The van der Waals surface area contributed by atoms with Crippen LogP contribution in [0.25, 0.3) is 0 Å². The van der Waals surface area contributed by atoms with Gasteiger partial charge in [-0.3, -0.25) is 4.79 Å². The molecule has 0 radical (unpaired) electrons. The third-order valence-corrected chi connectivity index (χ3v) is 4.68. The minimum absolute atomic E-state index is 0.0417. The first kappa shape index (κ1) is 18.4. The molecule has 132 valence electrons. The maximum Gasteiger partial charge on any atom is 0.308 e. The fourth-order valence-electron chi connectivity index (χ4n) is 3.46. The molecule has 2 aliphatic rings. The van der Waals surface area contributed by atoms with Crippen LogP contribution >= 0.6 is 0 Å². The van der Waals surface area contributed by atoms with E-state index in [0.717, 1.165) is 25.7 Å². The Balaban J connectivity index is 2.17. The number of methoxy groups -OCH3 is 1. The van der Waals surface area contributed by atoms with Crippen molar-refractivity contribution in [1.82, 2.24) is 0 Å². The summed E-state index contributed by atoms with van der Waals surface area (Å²) in [4.78, 5) is 12.2. The van der Waals surface area contributed by atoms with E-state index in [0.29, 0.717) is 12.8 Å². The van der Waals surface area contributed by atoms with Crippen molar-refractivity contribution < 1.29 is 24.1 Å². The van der Waals surface area contributed by atoms with Crippen molar-refractivity contribution in [1.29, 1.82) is 0 Å². The highest BCUT2D eigenvalue weighted by atomic mass is 16.6. The highest BCUT2D eigenvalue weighted by Crippen LogP contribution is 2.27. The van der Waals surface area contributed by atoms with E-state index in [1.165, 1.54) is 5.57 Å². The average molecular weight is 326 g/mol. The van der Waals surface area contributed by atoms with Gasteiger partial charge in [0.2, 0.25) is 0 Å². The molecule has 2 heterocycles. The first-order valence-corrected chi connectivity index (χ1v) is 8.74. The largest absolute Gasteiger partial charge is 0.462 e. The Labute approximate surface area is 139 Å². The molecule has 0 amide bonds. The van der Waals surface area contributed by atoms with Gasteiger partial charge in [-0.1, -0.05) is 25.0 Å². The zero-order chi connectivity index (χ0) is 16.8. The van der Waals surface area contributed by atoms with Gasteiger partial charge in [-0.05, 0) is 32.6 Å². The van der Waals surface area contributed by atoms with Crippen molar-refractivity contribution in [3.05, 3.63) is 11.6 Å². The molecular formula is C18H30O5. The zero-order valence-electron chi connectivity index (χ0n) is 14.5. The van der Waals surface area contributed by atoms with Crippen molar-refractivity contribution in [2.45, 2.75) is 89.3 Å². The number of cyclic esters (lactones) is 1. The van der Waals surface area contributed by atoms with E-state index in [9.17, 15) is 9.90 Å². The Kier molecular flexibility index (Phi) is 7.06. The maximum absolute atomic E-state index is 12.2. The molecule has 0 aliphatic carbocycles. The predicted octanol–water partition coefficient (Wildman–Crippen LogP) is 2.75. The molecule has 2 rings (SSSR count). The number of aliphatic hydroxyl groups is 1. The Bertz CT molecular complexity index is 420. The molecular weight excluding hydrogens is 296 g/mol. The Morgan fingerprint density at radius 3 is 2.83 bits per heavy atom. The summed E-state index contributed by atoms with van der Waals surface area (Å²) >= 11 is 0. The second-order valence-electron chi connectivity index (χ2n) is 6.77. The van der Waals surface area contributed by atoms with Crippen LogP contribution in [0.3, 0.4) is 0 Å². The van der Waals surface area contributed by atoms with Crippen LogP contribution in [0.4, 0.5) is 0 Å². The van der Waals surface area contributed by atoms with Gasteiger partial charge >= 0.3 is 5.97 Å². The third-order valence-electron chi connectivity index (χ3n) is 4.68. The summed E-state index contributed by atoms with van der Waals surface area (Å²) in [7, 11) is 1.71. The van der Waals surface area contributed by atoms with Crippen molar-refractivity contribution in [2.24, 2.45) is 0 Å². The lowest BCUT2D eigenvalue weighted by Gasteiger charge is -2.34. The average Bonchev–Trinajstić information content (AvgIpc) is 2.49. The number of fused-ring (bicyclic) bond motifs is 2. The summed E-state index contributed by atoms with van der Waals surface area (Å²) in [6.45, 7) is 4.16. The molecule has 1 saturated heterocycles. The topological polar surface area (TPSA) is 65.0 Å². The molecule has 5 nitrogen and oxygen atoms in total. The van der Waals surface area contributed by atoms with Gasteiger partial charge in [0.1, 0.15) is 6.10 Å². The normalized spacial score (nSPS) is 38.7. The Hall–Kier alpha value is -0.910. The number of ether oxygens (including phenoxy) is 3. The van der Waals surface area contributed by atoms with Crippen molar-refractivity contribution >= 4 is 5.97 Å². The van der Waals surface area contributed by atoms with Crippen LogP contribution in [0.5, 0.6) is 0 Å². The summed E-state index contributed by atoms with van der Waals surface area (Å²) in [6, 6.07) is 0. The van der Waals surface area contributed by atoms with Gasteiger partial charge in [-0.25, -0.2) is 0 Å². The predicted molar refractivity (Wildman–Crippen MR) is 87.1 cm³/mol. The van der Waals surface area contributed by atoms with E-state index in [1.807, 2.05) is 0 Å². The smallest absolute Gasteiger partial charge is 0.308 e. The number of esters is 1. The first-order chi connectivity index (χ1) is 11.0. The minimum Gasteiger partial charge on any atom is -0.462 e. The van der Waals surface area contributed by atoms with E-state index in [2.05, 4.69) is 19.9 Å². The maximum atomic E-state index is 12.2. The summed E-state index contributed by atoms with van der Waals surface area (Å²) in [5, 5.41) is 10.1. The van der Waals surface area contributed by atoms with E-state index in [-0.39, 0.29) is 30.7 Å². The van der Waals surface area contributed by atoms with Gasteiger partial charge in [0, 0.05) is 13.5 Å². The van der Waals surface area contributed by atoms with E-state index in [1.54, 1.807) is 7.11 Å². The van der Waals surface area contributed by atoms with Crippen LogP contribution in [0.2, 0.25) is 0 Å². The molecule has 1 fully saturated rings. The molecule has 0 spiro atoms. The molecule has 0 aromatic carbocycles. The number of hydrogen-bond donors (Lipinski definition) is 1. The summed E-state index contributed by atoms with van der Waals surface area (Å²) in [6.07, 6.45) is 5.76. The number of carbonyl (C=O) groups excluding carboxylic acids is 1. The highest BCUT2D eigenvalue weighted by Gasteiger charge is 2.32. The Morgan fingerprint density at radius 1 is 1.35 bits per heavy atom. The summed E-state index contributed by atoms with van der Waals surface area (Å²) < 4.78 is 17.1. The lowest BCUT2D eigenvalue weighted by Crippen LogP contribution is -2.40. The third kappa shape index (κ3) is 5.59. The van der Waals surface area contributed by atoms with E-state index in [4.69, 9.17) is 14.2 Å². The van der Waals surface area contributed by atoms with Crippen LogP contribution in [-0.4, -0.2) is 48.7 Å². The second-order valence-corrected chi connectivity index (χ2v) is 6.77. The lowest BCUT2D eigenvalue weighted by atomic mass is 9.95. The molecule has 0 aromatic heterocycles. The fourth-order valence-corrected chi connectivity index (χ4v) is 3.46. The Morgan fingerprint density at radius 2 is 2.13 bits per heavy atom. The second kappa shape index (κ2) is 8.81. The number of rotatable bonds is 3. The van der Waals surface area contributed by atoms with E-state index < -0.39 is 12.2 Å². The van der Waals surface area contributed by atoms with Crippen LogP contribution in [0.15, 0.2) is 11.6 Å². The molecule has 5 heteroatoms. The molecule has 23 heavy (non-hydrogen) atoms. The van der Waals surface area contributed by atoms with Crippen molar-refractivity contribution in [3.8, 4) is 0 Å². The molecule has 2 aliphatic heterocycles. The van der Waals surface area contributed by atoms with Gasteiger partial charge in [0.25, 0.3) is 0 Å². The SMILES string of the molecule is CCC[C@@H]1C[C@H](OC)C/C(C)=C\[C@H]2CC[C@H](O)[C@@H](CC(=O)O1)O2. The van der Waals surface area contributed by atoms with Gasteiger partial charge in [0.05, 0.1) is 30.8 Å². The number of carbonyl (C=O) groups is 1. The van der Waals surface area contributed by atoms with Gasteiger partial charge in [0.15, 0.2) is 0 Å². The van der Waals surface area contributed by atoms with E-state index >= 15 is 0 Å². The molecule has 2 bridgehead atoms. The molecule has 0 aromatic rings. The monoisotopic (exact) mass is 326 g/mol. The zero-order valence-corrected chi connectivity index (χ0v) is 14.5.